The third-order valence-corrected chi connectivity index (χ3v) is 6.45. The minimum atomic E-state index is -0.338. The smallest absolute Gasteiger partial charge is 0.266 e. The summed E-state index contributed by atoms with van der Waals surface area (Å²) in [6, 6.07) is 7.28. The Kier molecular flexibility index (Phi) is 4.63. The summed E-state index contributed by atoms with van der Waals surface area (Å²) >= 11 is 4.85. The highest BCUT2D eigenvalue weighted by molar-refractivity contribution is 9.10. The lowest BCUT2D eigenvalue weighted by Crippen LogP contribution is -2.33. The summed E-state index contributed by atoms with van der Waals surface area (Å²) in [6.07, 6.45) is 3.48. The lowest BCUT2D eigenvalue weighted by atomic mass is 10.1. The molecule has 4 aromatic rings. The van der Waals surface area contributed by atoms with Crippen molar-refractivity contribution >= 4 is 49.9 Å². The number of carbonyl (C=O) groups excluding carboxylic acids is 1. The van der Waals surface area contributed by atoms with E-state index in [-0.39, 0.29) is 24.1 Å². The molecule has 1 aliphatic heterocycles. The Morgan fingerprint density at radius 3 is 2.97 bits per heavy atom. The van der Waals surface area contributed by atoms with Gasteiger partial charge in [0.05, 0.1) is 12.3 Å². The fourth-order valence-corrected chi connectivity index (χ4v) is 4.90. The van der Waals surface area contributed by atoms with E-state index in [2.05, 4.69) is 31.1 Å². The first-order valence-corrected chi connectivity index (χ1v) is 10.7. The number of carbonyl (C=O) groups is 1. The van der Waals surface area contributed by atoms with Gasteiger partial charge in [0, 0.05) is 18.3 Å². The van der Waals surface area contributed by atoms with Gasteiger partial charge < -0.3 is 4.42 Å². The molecule has 5 rings (SSSR count). The molecular weight excluding hydrogens is 472 g/mol. The molecule has 0 saturated heterocycles. The Bertz CT molecular complexity index is 1320. The Hall–Kier alpha value is -3.05. The summed E-state index contributed by atoms with van der Waals surface area (Å²) < 4.78 is 8.66. The third kappa shape index (κ3) is 3.10. The van der Waals surface area contributed by atoms with Gasteiger partial charge in [-0.25, -0.2) is 14.7 Å². The van der Waals surface area contributed by atoms with Gasteiger partial charge in [0.2, 0.25) is 0 Å². The van der Waals surface area contributed by atoms with Crippen molar-refractivity contribution in [2.24, 2.45) is 12.1 Å². The van der Waals surface area contributed by atoms with Crippen LogP contribution in [0.1, 0.15) is 23.1 Å². The second-order valence-corrected chi connectivity index (χ2v) is 8.52. The number of amides is 1. The molecule has 9 nitrogen and oxygen atoms in total. The molecule has 4 aromatic heterocycles. The van der Waals surface area contributed by atoms with Crippen molar-refractivity contribution < 1.29 is 9.21 Å². The summed E-state index contributed by atoms with van der Waals surface area (Å²) in [4.78, 5) is 31.4. The zero-order chi connectivity index (χ0) is 20.8. The number of rotatable bonds is 4. The van der Waals surface area contributed by atoms with Crippen LogP contribution in [-0.2, 0) is 18.4 Å². The predicted octanol–water partition coefficient (Wildman–Crippen LogP) is 2.92. The number of aromatic nitrogens is 4. The van der Waals surface area contributed by atoms with Crippen LogP contribution >= 0.6 is 27.3 Å². The zero-order valence-corrected chi connectivity index (χ0v) is 18.1. The molecule has 152 valence electrons. The van der Waals surface area contributed by atoms with E-state index in [0.29, 0.717) is 33.5 Å². The molecule has 0 N–H and O–H groups in total. The largest absolute Gasteiger partial charge is 0.463 e. The predicted molar refractivity (Wildman–Crippen MR) is 114 cm³/mol. The first kappa shape index (κ1) is 18.9. The van der Waals surface area contributed by atoms with E-state index in [1.165, 1.54) is 20.6 Å². The minimum Gasteiger partial charge on any atom is -0.463 e. The minimum absolute atomic E-state index is 0.181. The number of nitrogens with zero attached hydrogens (tertiary/aromatic N) is 6. The van der Waals surface area contributed by atoms with Gasteiger partial charge >= 0.3 is 0 Å². The zero-order valence-electron chi connectivity index (χ0n) is 15.7. The highest BCUT2D eigenvalue weighted by Gasteiger charge is 2.34. The Morgan fingerprint density at radius 1 is 1.37 bits per heavy atom. The third-order valence-electron chi connectivity index (χ3n) is 4.92. The van der Waals surface area contributed by atoms with Crippen molar-refractivity contribution in [2.75, 3.05) is 0 Å². The van der Waals surface area contributed by atoms with Crippen molar-refractivity contribution in [1.29, 1.82) is 0 Å². The Balaban J connectivity index is 1.49. The van der Waals surface area contributed by atoms with Crippen molar-refractivity contribution in [1.82, 2.24) is 24.3 Å². The molecule has 30 heavy (non-hydrogen) atoms. The van der Waals surface area contributed by atoms with E-state index in [0.717, 1.165) is 4.88 Å². The molecule has 1 atom stereocenters. The number of furan rings is 1. The highest BCUT2D eigenvalue weighted by Crippen LogP contribution is 2.35. The summed E-state index contributed by atoms with van der Waals surface area (Å²) in [6.45, 7) is -0.181. The summed E-state index contributed by atoms with van der Waals surface area (Å²) in [7, 11) is 1.70. The normalized spacial score (nSPS) is 16.4. The van der Waals surface area contributed by atoms with Crippen LogP contribution in [0.3, 0.4) is 0 Å². The second-order valence-electron chi connectivity index (χ2n) is 6.79. The van der Waals surface area contributed by atoms with Crippen molar-refractivity contribution in [2.45, 2.75) is 19.0 Å². The van der Waals surface area contributed by atoms with Crippen LogP contribution < -0.4 is 5.56 Å². The lowest BCUT2D eigenvalue weighted by molar-refractivity contribution is -0.133. The molecule has 11 heteroatoms. The molecular formula is C19H15BrN6O3S. The Morgan fingerprint density at radius 2 is 2.23 bits per heavy atom. The van der Waals surface area contributed by atoms with Gasteiger partial charge in [0.1, 0.15) is 34.3 Å². The molecule has 0 aromatic carbocycles. The van der Waals surface area contributed by atoms with Crippen LogP contribution in [0.25, 0.3) is 11.0 Å². The van der Waals surface area contributed by atoms with Crippen molar-refractivity contribution in [3.8, 4) is 0 Å². The van der Waals surface area contributed by atoms with Gasteiger partial charge in [0.25, 0.3) is 11.5 Å². The van der Waals surface area contributed by atoms with Gasteiger partial charge in [-0.1, -0.05) is 6.07 Å². The number of aryl methyl sites for hydroxylation is 1. The molecule has 0 spiro atoms. The number of thiophene rings is 1. The molecule has 1 unspecified atom stereocenters. The van der Waals surface area contributed by atoms with E-state index in [1.54, 1.807) is 30.7 Å². The van der Waals surface area contributed by atoms with Gasteiger partial charge in [0.15, 0.2) is 5.65 Å². The first-order chi connectivity index (χ1) is 14.5. The molecule has 0 radical (unpaired) electrons. The van der Waals surface area contributed by atoms with Crippen LogP contribution in [0.5, 0.6) is 0 Å². The molecule has 0 aliphatic carbocycles. The standard InChI is InChI=1S/C19H15BrN6O3S/c1-24-18-16(17(20)23-24)19(28)25(10-21-18)9-15(27)26-12(14-5-3-7-30-14)8-11(22-26)13-4-2-6-29-13/h2-7,10,12H,8-9H2,1H3. The van der Waals surface area contributed by atoms with Gasteiger partial charge in [-0.05, 0) is 39.5 Å². The number of hydrogen-bond acceptors (Lipinski definition) is 7. The molecule has 0 fully saturated rings. The molecule has 5 heterocycles. The fraction of sp³-hybridized carbons (Fsp3) is 0.211. The highest BCUT2D eigenvalue weighted by atomic mass is 79.9. The molecule has 0 bridgehead atoms. The van der Waals surface area contributed by atoms with E-state index >= 15 is 0 Å². The first-order valence-electron chi connectivity index (χ1n) is 9.07. The van der Waals surface area contributed by atoms with E-state index in [9.17, 15) is 9.59 Å². The van der Waals surface area contributed by atoms with Gasteiger partial charge in [-0.2, -0.15) is 10.2 Å². The second kappa shape index (κ2) is 7.33. The summed E-state index contributed by atoms with van der Waals surface area (Å²) in [5.74, 6) is 0.324. The van der Waals surface area contributed by atoms with Crippen LogP contribution in [0.2, 0.25) is 0 Å². The van der Waals surface area contributed by atoms with Gasteiger partial charge in [-0.15, -0.1) is 11.3 Å². The maximum absolute atomic E-state index is 13.2. The van der Waals surface area contributed by atoms with E-state index < -0.39 is 0 Å². The van der Waals surface area contributed by atoms with Crippen molar-refractivity contribution in [3.63, 3.8) is 0 Å². The van der Waals surface area contributed by atoms with Crippen LogP contribution in [0.15, 0.2) is 61.2 Å². The van der Waals surface area contributed by atoms with Crippen LogP contribution in [-0.4, -0.2) is 36.0 Å². The fourth-order valence-electron chi connectivity index (χ4n) is 3.50. The van der Waals surface area contributed by atoms with E-state index in [1.807, 2.05) is 23.6 Å². The number of fused-ring (bicyclic) bond motifs is 1. The molecule has 0 saturated carbocycles. The summed E-state index contributed by atoms with van der Waals surface area (Å²) in [5, 5.41) is 12.4. The van der Waals surface area contributed by atoms with Crippen molar-refractivity contribution in [3.05, 3.63) is 67.8 Å². The maximum atomic E-state index is 13.2. The number of halogens is 1. The maximum Gasteiger partial charge on any atom is 0.266 e. The molecule has 1 amide bonds. The number of hydrogen-bond donors (Lipinski definition) is 0. The van der Waals surface area contributed by atoms with Crippen LogP contribution in [0.4, 0.5) is 0 Å². The summed E-state index contributed by atoms with van der Waals surface area (Å²) in [5.41, 5.74) is 0.810. The monoisotopic (exact) mass is 486 g/mol. The van der Waals surface area contributed by atoms with Crippen LogP contribution in [0, 0.1) is 0 Å². The topological polar surface area (TPSA) is 98.5 Å². The molecule has 1 aliphatic rings. The Labute approximate surface area is 182 Å². The average Bonchev–Trinajstić information content (AvgIpc) is 3.50. The quantitative estimate of drug-likeness (QED) is 0.441. The van der Waals surface area contributed by atoms with Gasteiger partial charge in [-0.3, -0.25) is 14.2 Å². The number of hydrazone groups is 1. The lowest BCUT2D eigenvalue weighted by Gasteiger charge is -2.21. The van der Waals surface area contributed by atoms with E-state index in [4.69, 9.17) is 4.42 Å². The SMILES string of the molecule is Cn1nc(Br)c2c(=O)n(CC(=O)N3N=C(c4ccco4)CC3c3cccs3)cnc21. The average molecular weight is 487 g/mol.